The normalized spacial score (nSPS) is 24.0. The third-order valence-corrected chi connectivity index (χ3v) is 4.33. The number of nitrogens with one attached hydrogen (secondary N) is 1. The van der Waals surface area contributed by atoms with Gasteiger partial charge < -0.3 is 16.0 Å². The number of carbonyl (C=O) groups excluding carboxylic acids is 2. The van der Waals surface area contributed by atoms with Crippen LogP contribution in [0.15, 0.2) is 18.2 Å². The van der Waals surface area contributed by atoms with Gasteiger partial charge in [-0.3, -0.25) is 9.59 Å². The van der Waals surface area contributed by atoms with Gasteiger partial charge in [0, 0.05) is 12.2 Å². The number of carbonyl (C=O) groups is 2. The fraction of sp³-hybridized carbons (Fsp3) is 0.467. The van der Waals surface area contributed by atoms with Gasteiger partial charge in [-0.2, -0.15) is 13.2 Å². The molecule has 2 atom stereocenters. The van der Waals surface area contributed by atoms with E-state index in [2.05, 4.69) is 0 Å². The Bertz CT molecular complexity index is 660. The van der Waals surface area contributed by atoms with Gasteiger partial charge in [0.1, 0.15) is 0 Å². The minimum atomic E-state index is -4.89. The molecule has 5 nitrogen and oxygen atoms in total. The molecule has 0 aromatic heterocycles. The first-order valence-electron chi connectivity index (χ1n) is 7.35. The van der Waals surface area contributed by atoms with E-state index < -0.39 is 24.2 Å². The van der Waals surface area contributed by atoms with Gasteiger partial charge in [0.25, 0.3) is 0 Å². The molecule has 0 spiro atoms. The lowest BCUT2D eigenvalue weighted by Gasteiger charge is -2.19. The Morgan fingerprint density at radius 2 is 2.04 bits per heavy atom. The van der Waals surface area contributed by atoms with Gasteiger partial charge >= 0.3 is 12.1 Å². The smallest absolute Gasteiger partial charge is 0.341 e. The Kier molecular flexibility index (Phi) is 3.79. The molecular weight excluding hydrogens is 311 g/mol. The van der Waals surface area contributed by atoms with Crippen molar-refractivity contribution in [2.45, 2.75) is 37.5 Å². The Morgan fingerprint density at radius 1 is 1.30 bits per heavy atom. The monoisotopic (exact) mass is 327 g/mol. The molecule has 1 aromatic carbocycles. The minimum absolute atomic E-state index is 0.148. The average molecular weight is 327 g/mol. The number of benzene rings is 1. The van der Waals surface area contributed by atoms with Crippen LogP contribution in [0.25, 0.3) is 0 Å². The summed E-state index contributed by atoms with van der Waals surface area (Å²) in [6.45, 7) is 0.535. The standard InChI is InChI=1S/C15H16F3N3O2/c16-15(17,18)14(23)20-12-4-1-8-7-9(2-3-10(8)12)21-6-5-11(19)13(21)22/h2-3,7,11-12H,1,4-6,19H2,(H,20,23). The third-order valence-electron chi connectivity index (χ3n) is 4.33. The number of anilines is 1. The van der Waals surface area contributed by atoms with Crippen LogP contribution in [-0.4, -0.2) is 30.6 Å². The first-order chi connectivity index (χ1) is 10.8. The number of nitrogens with zero attached hydrogens (tertiary/aromatic N) is 1. The molecule has 1 aliphatic carbocycles. The summed E-state index contributed by atoms with van der Waals surface area (Å²) in [6, 6.07) is 4.01. The molecule has 0 bridgehead atoms. The van der Waals surface area contributed by atoms with Crippen molar-refractivity contribution in [3.8, 4) is 0 Å². The molecule has 23 heavy (non-hydrogen) atoms. The first-order valence-corrected chi connectivity index (χ1v) is 7.35. The van der Waals surface area contributed by atoms with Crippen LogP contribution >= 0.6 is 0 Å². The number of aryl methyl sites for hydroxylation is 1. The molecule has 3 N–H and O–H groups in total. The lowest BCUT2D eigenvalue weighted by molar-refractivity contribution is -0.174. The molecule has 124 valence electrons. The van der Waals surface area contributed by atoms with Crippen LogP contribution in [-0.2, 0) is 16.0 Å². The van der Waals surface area contributed by atoms with Crippen LogP contribution in [0.1, 0.15) is 30.0 Å². The van der Waals surface area contributed by atoms with Crippen molar-refractivity contribution in [2.24, 2.45) is 5.73 Å². The van der Waals surface area contributed by atoms with Gasteiger partial charge in [-0.1, -0.05) is 6.07 Å². The van der Waals surface area contributed by atoms with E-state index in [0.717, 1.165) is 5.56 Å². The molecule has 1 aromatic rings. The topological polar surface area (TPSA) is 75.4 Å². The number of hydrogen-bond acceptors (Lipinski definition) is 3. The molecule has 1 saturated heterocycles. The van der Waals surface area contributed by atoms with Crippen molar-refractivity contribution in [3.63, 3.8) is 0 Å². The van der Waals surface area contributed by atoms with Crippen molar-refractivity contribution in [1.82, 2.24) is 5.32 Å². The minimum Gasteiger partial charge on any atom is -0.341 e. The lowest BCUT2D eigenvalue weighted by atomic mass is 10.1. The highest BCUT2D eigenvalue weighted by Crippen LogP contribution is 2.35. The highest BCUT2D eigenvalue weighted by atomic mass is 19.4. The van der Waals surface area contributed by atoms with Crippen LogP contribution in [0.2, 0.25) is 0 Å². The number of halogens is 3. The maximum atomic E-state index is 12.4. The molecule has 2 amide bonds. The zero-order valence-corrected chi connectivity index (χ0v) is 12.2. The van der Waals surface area contributed by atoms with E-state index in [0.29, 0.717) is 37.1 Å². The predicted octanol–water partition coefficient (Wildman–Crippen LogP) is 1.42. The molecule has 1 aliphatic heterocycles. The number of alkyl halides is 3. The van der Waals surface area contributed by atoms with E-state index in [-0.39, 0.29) is 5.91 Å². The van der Waals surface area contributed by atoms with Gasteiger partial charge in [-0.05, 0) is 42.5 Å². The SMILES string of the molecule is NC1CCN(c2ccc3c(c2)CCC3NC(=O)C(F)(F)F)C1=O. The van der Waals surface area contributed by atoms with Gasteiger partial charge in [-0.15, -0.1) is 0 Å². The summed E-state index contributed by atoms with van der Waals surface area (Å²) in [6.07, 6.45) is -3.34. The molecule has 0 radical (unpaired) electrons. The largest absolute Gasteiger partial charge is 0.471 e. The van der Waals surface area contributed by atoms with Crippen LogP contribution in [0.4, 0.5) is 18.9 Å². The van der Waals surface area contributed by atoms with E-state index in [1.54, 1.807) is 23.1 Å². The summed E-state index contributed by atoms with van der Waals surface area (Å²) < 4.78 is 37.1. The van der Waals surface area contributed by atoms with Gasteiger partial charge in [0.05, 0.1) is 12.1 Å². The highest BCUT2D eigenvalue weighted by molar-refractivity contribution is 5.99. The highest BCUT2D eigenvalue weighted by Gasteiger charge is 2.41. The molecule has 2 aliphatic rings. The van der Waals surface area contributed by atoms with E-state index in [9.17, 15) is 22.8 Å². The van der Waals surface area contributed by atoms with Gasteiger partial charge in [0.2, 0.25) is 5.91 Å². The maximum Gasteiger partial charge on any atom is 0.471 e. The van der Waals surface area contributed by atoms with Crippen molar-refractivity contribution in [1.29, 1.82) is 0 Å². The Labute approximate surface area is 130 Å². The summed E-state index contributed by atoms with van der Waals surface area (Å²) in [4.78, 5) is 24.6. The Morgan fingerprint density at radius 3 is 2.65 bits per heavy atom. The van der Waals surface area contributed by atoms with Crippen LogP contribution in [0.5, 0.6) is 0 Å². The summed E-state index contributed by atoms with van der Waals surface area (Å²) in [5.41, 5.74) is 7.91. The second kappa shape index (κ2) is 5.52. The third kappa shape index (κ3) is 2.90. The number of fused-ring (bicyclic) bond motifs is 1. The van der Waals surface area contributed by atoms with E-state index in [1.165, 1.54) is 0 Å². The molecule has 3 rings (SSSR count). The molecular formula is C15H16F3N3O2. The van der Waals surface area contributed by atoms with Gasteiger partial charge in [0.15, 0.2) is 0 Å². The number of amides is 2. The van der Waals surface area contributed by atoms with E-state index in [4.69, 9.17) is 5.73 Å². The van der Waals surface area contributed by atoms with E-state index in [1.807, 2.05) is 5.32 Å². The van der Waals surface area contributed by atoms with E-state index >= 15 is 0 Å². The zero-order chi connectivity index (χ0) is 16.8. The van der Waals surface area contributed by atoms with Crippen LogP contribution < -0.4 is 16.0 Å². The van der Waals surface area contributed by atoms with Gasteiger partial charge in [-0.25, -0.2) is 0 Å². The van der Waals surface area contributed by atoms with Crippen molar-refractivity contribution in [3.05, 3.63) is 29.3 Å². The average Bonchev–Trinajstić information content (AvgIpc) is 3.02. The zero-order valence-electron chi connectivity index (χ0n) is 12.2. The second-order valence-corrected chi connectivity index (χ2v) is 5.83. The Balaban J connectivity index is 1.78. The molecule has 2 unspecified atom stereocenters. The van der Waals surface area contributed by atoms with Crippen LogP contribution in [0.3, 0.4) is 0 Å². The quantitative estimate of drug-likeness (QED) is 0.862. The second-order valence-electron chi connectivity index (χ2n) is 5.83. The Hall–Kier alpha value is -2.09. The summed E-state index contributed by atoms with van der Waals surface area (Å²) in [5, 5.41) is 2.02. The van der Waals surface area contributed by atoms with Crippen molar-refractivity contribution >= 4 is 17.5 Å². The van der Waals surface area contributed by atoms with Crippen molar-refractivity contribution < 1.29 is 22.8 Å². The summed E-state index contributed by atoms with van der Waals surface area (Å²) in [7, 11) is 0. The van der Waals surface area contributed by atoms with Crippen molar-refractivity contribution in [2.75, 3.05) is 11.4 Å². The first kappa shape index (κ1) is 15.8. The molecule has 1 heterocycles. The fourth-order valence-electron chi connectivity index (χ4n) is 3.12. The number of nitrogens with two attached hydrogens (primary N) is 1. The van der Waals surface area contributed by atoms with Crippen LogP contribution in [0, 0.1) is 0 Å². The molecule has 0 saturated carbocycles. The molecule has 1 fully saturated rings. The fourth-order valence-corrected chi connectivity index (χ4v) is 3.12. The summed E-state index contributed by atoms with van der Waals surface area (Å²) >= 11 is 0. The lowest BCUT2D eigenvalue weighted by Crippen LogP contribution is -2.38. The predicted molar refractivity (Wildman–Crippen MR) is 76.6 cm³/mol. The summed E-state index contributed by atoms with van der Waals surface area (Å²) in [5.74, 6) is -2.08. The molecule has 8 heteroatoms. The number of rotatable bonds is 2. The maximum absolute atomic E-state index is 12.4. The number of hydrogen-bond donors (Lipinski definition) is 2.